The lowest BCUT2D eigenvalue weighted by Gasteiger charge is -2.33. The second kappa shape index (κ2) is 6.85. The van der Waals surface area contributed by atoms with Crippen molar-refractivity contribution in [2.45, 2.75) is 12.5 Å². The number of pyridine rings is 1. The van der Waals surface area contributed by atoms with Crippen LogP contribution in [0.4, 0.5) is 5.69 Å². The molecule has 7 nitrogen and oxygen atoms in total. The van der Waals surface area contributed by atoms with Gasteiger partial charge in [-0.2, -0.15) is 0 Å². The van der Waals surface area contributed by atoms with E-state index in [0.29, 0.717) is 22.8 Å². The molecule has 136 valence electrons. The molecule has 0 radical (unpaired) electrons. The van der Waals surface area contributed by atoms with Gasteiger partial charge in [-0.25, -0.2) is 4.98 Å². The molecule has 2 amide bonds. The molecular formula is C19H16ClN5O2. The zero-order chi connectivity index (χ0) is 19.0. The number of benzene rings is 1. The van der Waals surface area contributed by atoms with Crippen molar-refractivity contribution < 1.29 is 9.59 Å². The highest BCUT2D eigenvalue weighted by Gasteiger charge is 2.33. The summed E-state index contributed by atoms with van der Waals surface area (Å²) >= 11 is 5.88. The molecule has 1 aliphatic rings. The van der Waals surface area contributed by atoms with Gasteiger partial charge in [-0.3, -0.25) is 9.59 Å². The average molecular weight is 382 g/mol. The maximum Gasteiger partial charge on any atom is 0.268 e. The van der Waals surface area contributed by atoms with E-state index in [1.165, 1.54) is 11.1 Å². The van der Waals surface area contributed by atoms with Crippen molar-refractivity contribution in [1.82, 2.24) is 15.3 Å². The number of H-pyrrole nitrogens is 1. The summed E-state index contributed by atoms with van der Waals surface area (Å²) < 4.78 is 0. The highest BCUT2D eigenvalue weighted by Crippen LogP contribution is 2.27. The zero-order valence-corrected chi connectivity index (χ0v) is 15.0. The molecule has 1 aliphatic heterocycles. The summed E-state index contributed by atoms with van der Waals surface area (Å²) in [4.78, 5) is 34.0. The van der Waals surface area contributed by atoms with Crippen LogP contribution >= 0.6 is 11.6 Å². The molecule has 0 saturated carbocycles. The number of para-hydroxylation sites is 1. The molecule has 8 heteroatoms. The van der Waals surface area contributed by atoms with Gasteiger partial charge in [0, 0.05) is 23.7 Å². The molecule has 0 fully saturated rings. The average Bonchev–Trinajstić information content (AvgIpc) is 3.08. The van der Waals surface area contributed by atoms with E-state index in [1.807, 2.05) is 24.3 Å². The Morgan fingerprint density at radius 2 is 2.22 bits per heavy atom. The van der Waals surface area contributed by atoms with Gasteiger partial charge >= 0.3 is 0 Å². The number of rotatable bonds is 4. The van der Waals surface area contributed by atoms with E-state index >= 15 is 0 Å². The summed E-state index contributed by atoms with van der Waals surface area (Å²) in [7, 11) is 0. The number of anilines is 1. The molecule has 0 bridgehead atoms. The van der Waals surface area contributed by atoms with E-state index in [4.69, 9.17) is 17.0 Å². The molecule has 1 atom stereocenters. The van der Waals surface area contributed by atoms with Crippen molar-refractivity contribution in [3.63, 3.8) is 0 Å². The van der Waals surface area contributed by atoms with Gasteiger partial charge in [-0.1, -0.05) is 29.8 Å². The first-order valence-corrected chi connectivity index (χ1v) is 8.78. The van der Waals surface area contributed by atoms with E-state index in [9.17, 15) is 9.59 Å². The summed E-state index contributed by atoms with van der Waals surface area (Å²) in [6, 6.07) is 10.2. The second-order valence-electron chi connectivity index (χ2n) is 6.29. The lowest BCUT2D eigenvalue weighted by Crippen LogP contribution is -2.53. The third-order valence-electron chi connectivity index (χ3n) is 4.57. The molecule has 3 heterocycles. The Morgan fingerprint density at radius 1 is 1.41 bits per heavy atom. The van der Waals surface area contributed by atoms with Crippen LogP contribution in [0.2, 0.25) is 5.15 Å². The Morgan fingerprint density at radius 3 is 3.04 bits per heavy atom. The van der Waals surface area contributed by atoms with Crippen molar-refractivity contribution in [1.29, 1.82) is 5.41 Å². The fraction of sp³-hybridized carbons (Fsp3) is 0.158. The predicted octanol–water partition coefficient (Wildman–Crippen LogP) is 2.55. The molecule has 0 saturated heterocycles. The van der Waals surface area contributed by atoms with E-state index in [1.54, 1.807) is 18.3 Å². The number of hydrogen-bond acceptors (Lipinski definition) is 4. The summed E-state index contributed by atoms with van der Waals surface area (Å²) in [5.41, 5.74) is 2.76. The number of amides is 2. The van der Waals surface area contributed by atoms with E-state index in [2.05, 4.69) is 15.3 Å². The molecule has 0 aliphatic carbocycles. The molecule has 3 N–H and O–H groups in total. The Balaban J connectivity index is 1.60. The van der Waals surface area contributed by atoms with Gasteiger partial charge in [0.05, 0.1) is 18.3 Å². The van der Waals surface area contributed by atoms with Crippen LogP contribution in [0.15, 0.2) is 42.6 Å². The van der Waals surface area contributed by atoms with E-state index in [-0.39, 0.29) is 18.4 Å². The Kier molecular flexibility index (Phi) is 4.37. The van der Waals surface area contributed by atoms with E-state index < -0.39 is 6.04 Å². The van der Waals surface area contributed by atoms with Crippen LogP contribution in [0.5, 0.6) is 0 Å². The van der Waals surface area contributed by atoms with Crippen LogP contribution in [0.3, 0.4) is 0 Å². The SMILES string of the molecule is N=CCN1C(=O)C(NC(=O)c2cc3cc(Cl)ncc3[nH]2)Cc2ccccc21. The number of carbonyl (C=O) groups excluding carboxylic acids is 2. The summed E-state index contributed by atoms with van der Waals surface area (Å²) in [6.07, 6.45) is 3.14. The molecule has 4 rings (SSSR count). The summed E-state index contributed by atoms with van der Waals surface area (Å²) in [6.45, 7) is 0.165. The quantitative estimate of drug-likeness (QED) is 0.478. The fourth-order valence-corrected chi connectivity index (χ4v) is 3.48. The predicted molar refractivity (Wildman–Crippen MR) is 104 cm³/mol. The Bertz CT molecular complexity index is 1060. The third-order valence-corrected chi connectivity index (χ3v) is 4.77. The minimum Gasteiger partial charge on any atom is -0.349 e. The number of carbonyl (C=O) groups is 2. The topological polar surface area (TPSA) is 102 Å². The van der Waals surface area contributed by atoms with Crippen LogP contribution < -0.4 is 10.2 Å². The highest BCUT2D eigenvalue weighted by atomic mass is 35.5. The first kappa shape index (κ1) is 17.2. The Hall–Kier alpha value is -3.19. The van der Waals surface area contributed by atoms with Gasteiger partial charge in [-0.15, -0.1) is 0 Å². The van der Waals surface area contributed by atoms with Gasteiger partial charge in [0.25, 0.3) is 5.91 Å². The van der Waals surface area contributed by atoms with Crippen molar-refractivity contribution in [3.8, 4) is 0 Å². The maximum atomic E-state index is 12.8. The number of nitrogens with one attached hydrogen (secondary N) is 3. The standard InChI is InChI=1S/C19H16ClN5O2/c20-17-9-12-8-13(23-15(12)10-22-17)18(26)24-14-7-11-3-1-2-4-16(11)25(6-5-21)19(14)27/h1-5,8-10,14,21,23H,6-7H2,(H,24,26). The van der Waals surface area contributed by atoms with Gasteiger partial charge in [0.2, 0.25) is 5.91 Å². The van der Waals surface area contributed by atoms with Crippen molar-refractivity contribution in [3.05, 3.63) is 59.0 Å². The number of hydrogen-bond donors (Lipinski definition) is 3. The van der Waals surface area contributed by atoms with Crippen LogP contribution in [0.25, 0.3) is 10.9 Å². The van der Waals surface area contributed by atoms with Crippen LogP contribution in [0, 0.1) is 5.41 Å². The first-order chi connectivity index (χ1) is 13.1. The van der Waals surface area contributed by atoms with Crippen molar-refractivity contribution >= 4 is 46.2 Å². The van der Waals surface area contributed by atoms with Crippen molar-refractivity contribution in [2.75, 3.05) is 11.4 Å². The minimum absolute atomic E-state index is 0.165. The number of halogens is 1. The molecule has 1 aromatic carbocycles. The van der Waals surface area contributed by atoms with Crippen molar-refractivity contribution in [2.24, 2.45) is 0 Å². The molecular weight excluding hydrogens is 366 g/mol. The third kappa shape index (κ3) is 3.17. The Labute approximate surface area is 159 Å². The molecule has 27 heavy (non-hydrogen) atoms. The highest BCUT2D eigenvalue weighted by molar-refractivity contribution is 6.30. The van der Waals surface area contributed by atoms with Crippen LogP contribution in [0.1, 0.15) is 16.1 Å². The number of aromatic amines is 1. The van der Waals surface area contributed by atoms with Gasteiger partial charge in [0.1, 0.15) is 16.9 Å². The van der Waals surface area contributed by atoms with Gasteiger partial charge in [-0.05, 0) is 23.8 Å². The lowest BCUT2D eigenvalue weighted by atomic mass is 9.97. The van der Waals surface area contributed by atoms with Gasteiger partial charge in [0.15, 0.2) is 0 Å². The number of fused-ring (bicyclic) bond motifs is 2. The monoisotopic (exact) mass is 381 g/mol. The normalized spacial score (nSPS) is 16.3. The lowest BCUT2D eigenvalue weighted by molar-refractivity contribution is -0.120. The van der Waals surface area contributed by atoms with Crippen LogP contribution in [-0.2, 0) is 11.2 Å². The number of nitrogens with zero attached hydrogens (tertiary/aromatic N) is 2. The molecule has 1 unspecified atom stereocenters. The molecule has 2 aromatic heterocycles. The van der Waals surface area contributed by atoms with E-state index in [0.717, 1.165) is 16.6 Å². The number of aromatic nitrogens is 2. The van der Waals surface area contributed by atoms with Crippen LogP contribution in [-0.4, -0.2) is 40.6 Å². The molecule has 3 aromatic rings. The summed E-state index contributed by atoms with van der Waals surface area (Å²) in [5, 5.41) is 11.3. The smallest absolute Gasteiger partial charge is 0.268 e. The second-order valence-corrected chi connectivity index (χ2v) is 6.68. The minimum atomic E-state index is -0.694. The first-order valence-electron chi connectivity index (χ1n) is 8.40. The fourth-order valence-electron chi connectivity index (χ4n) is 3.32. The maximum absolute atomic E-state index is 12.8. The summed E-state index contributed by atoms with van der Waals surface area (Å²) in [5.74, 6) is -0.610. The molecule has 0 spiro atoms. The van der Waals surface area contributed by atoms with Gasteiger partial charge < -0.3 is 20.6 Å². The zero-order valence-electron chi connectivity index (χ0n) is 14.2. The largest absolute Gasteiger partial charge is 0.349 e.